The van der Waals surface area contributed by atoms with E-state index in [-0.39, 0.29) is 11.8 Å². The topological polar surface area (TPSA) is 55.3 Å². The fraction of sp³-hybridized carbons (Fsp3) is 0.450. The minimum atomic E-state index is 0.240. The maximum atomic E-state index is 12.3. The second-order valence-corrected chi connectivity index (χ2v) is 7.05. The van der Waals surface area contributed by atoms with Gasteiger partial charge in [0.25, 0.3) is 0 Å². The van der Waals surface area contributed by atoms with E-state index in [1.807, 2.05) is 36.1 Å². The molecule has 1 aliphatic carbocycles. The number of ether oxygens (including phenoxy) is 1. The van der Waals surface area contributed by atoms with Gasteiger partial charge in [-0.2, -0.15) is 0 Å². The molecule has 2 aromatic rings. The summed E-state index contributed by atoms with van der Waals surface area (Å²) in [4.78, 5) is 23.3. The van der Waals surface area contributed by atoms with Gasteiger partial charge < -0.3 is 9.64 Å². The highest BCUT2D eigenvalue weighted by Gasteiger charge is 2.35. The van der Waals surface area contributed by atoms with Crippen LogP contribution in [0.2, 0.25) is 0 Å². The molecule has 0 N–H and O–H groups in total. The van der Waals surface area contributed by atoms with Crippen molar-refractivity contribution in [3.05, 3.63) is 47.9 Å². The average Bonchev–Trinajstić information content (AvgIpc) is 3.49. The minimum absolute atomic E-state index is 0.240. The number of benzene rings is 1. The zero-order chi connectivity index (χ0) is 17.2. The molecule has 130 valence electrons. The van der Waals surface area contributed by atoms with Gasteiger partial charge in [0.15, 0.2) is 0 Å². The Morgan fingerprint density at radius 1 is 1.20 bits per heavy atom. The van der Waals surface area contributed by atoms with Gasteiger partial charge in [-0.1, -0.05) is 18.2 Å². The third-order valence-electron chi connectivity index (χ3n) is 5.02. The Labute approximate surface area is 148 Å². The lowest BCUT2D eigenvalue weighted by Crippen LogP contribution is -2.40. The molecule has 0 unspecified atom stereocenters. The molecule has 1 aromatic carbocycles. The second kappa shape index (κ2) is 6.82. The Morgan fingerprint density at radius 3 is 2.84 bits per heavy atom. The molecule has 1 amide bonds. The molecule has 4 rings (SSSR count). The molecule has 1 aliphatic heterocycles. The van der Waals surface area contributed by atoms with Gasteiger partial charge in [-0.25, -0.2) is 4.98 Å². The van der Waals surface area contributed by atoms with E-state index in [2.05, 4.69) is 9.97 Å². The predicted octanol–water partition coefficient (Wildman–Crippen LogP) is 3.69. The van der Waals surface area contributed by atoms with Crippen molar-refractivity contribution >= 4 is 5.91 Å². The van der Waals surface area contributed by atoms with Gasteiger partial charge >= 0.3 is 0 Å². The molecule has 2 aliphatic rings. The Morgan fingerprint density at radius 2 is 2.04 bits per heavy atom. The van der Waals surface area contributed by atoms with Crippen molar-refractivity contribution in [3.8, 4) is 11.6 Å². The summed E-state index contributed by atoms with van der Waals surface area (Å²) in [6.45, 7) is 3.63. The van der Waals surface area contributed by atoms with E-state index in [4.69, 9.17) is 4.74 Å². The van der Waals surface area contributed by atoms with E-state index in [9.17, 15) is 4.79 Å². The molecule has 2 fully saturated rings. The molecule has 5 nitrogen and oxygen atoms in total. The third-order valence-corrected chi connectivity index (χ3v) is 5.02. The molecule has 1 atom stereocenters. The maximum Gasteiger partial charge on any atom is 0.238 e. The summed E-state index contributed by atoms with van der Waals surface area (Å²) in [7, 11) is 0. The highest BCUT2D eigenvalue weighted by molar-refractivity contribution is 5.81. The molecule has 2 heterocycles. The van der Waals surface area contributed by atoms with E-state index < -0.39 is 0 Å². The molecular formula is C20H23N3O2. The van der Waals surface area contributed by atoms with Crippen molar-refractivity contribution in [2.45, 2.75) is 38.5 Å². The fourth-order valence-corrected chi connectivity index (χ4v) is 3.40. The van der Waals surface area contributed by atoms with Gasteiger partial charge in [0.05, 0.1) is 11.9 Å². The summed E-state index contributed by atoms with van der Waals surface area (Å²) in [5.74, 6) is 2.15. The molecule has 25 heavy (non-hydrogen) atoms. The number of carbonyl (C=O) groups excluding carboxylic acids is 1. The van der Waals surface area contributed by atoms with Crippen LogP contribution in [-0.4, -0.2) is 33.9 Å². The first-order valence-corrected chi connectivity index (χ1v) is 9.05. The fourth-order valence-electron chi connectivity index (χ4n) is 3.40. The summed E-state index contributed by atoms with van der Waals surface area (Å²) in [5.41, 5.74) is 1.98. The van der Waals surface area contributed by atoms with Crippen molar-refractivity contribution < 1.29 is 9.53 Å². The molecule has 0 spiro atoms. The minimum Gasteiger partial charge on any atom is -0.437 e. The van der Waals surface area contributed by atoms with Crippen molar-refractivity contribution in [2.75, 3.05) is 13.1 Å². The van der Waals surface area contributed by atoms with Crippen LogP contribution in [-0.2, 0) is 4.79 Å². The number of nitrogens with zero attached hydrogens (tertiary/aromatic N) is 3. The first kappa shape index (κ1) is 16.1. The Kier molecular flexibility index (Phi) is 4.38. The number of hydrogen-bond acceptors (Lipinski definition) is 4. The van der Waals surface area contributed by atoms with Crippen LogP contribution in [0.5, 0.6) is 11.6 Å². The van der Waals surface area contributed by atoms with Gasteiger partial charge in [-0.05, 0) is 44.2 Å². The summed E-state index contributed by atoms with van der Waals surface area (Å²) < 4.78 is 5.91. The Bertz CT molecular complexity index is 773. The molecule has 1 saturated heterocycles. The van der Waals surface area contributed by atoms with Crippen molar-refractivity contribution in [2.24, 2.45) is 5.92 Å². The van der Waals surface area contributed by atoms with Crippen LogP contribution in [0.1, 0.15) is 42.9 Å². The monoisotopic (exact) mass is 337 g/mol. The number of para-hydroxylation sites is 1. The summed E-state index contributed by atoms with van der Waals surface area (Å²) in [6.07, 6.45) is 7.62. The normalized spacial score (nSPS) is 20.4. The van der Waals surface area contributed by atoms with Crippen LogP contribution < -0.4 is 4.74 Å². The SMILES string of the molecule is Cc1ccccc1Oc1cncc([C@@H]2CCCN(C(=O)C3CC3)C2)n1. The Hall–Kier alpha value is -2.43. The number of aryl methyl sites for hydroxylation is 1. The number of hydrogen-bond donors (Lipinski definition) is 0. The molecule has 0 radical (unpaired) electrons. The quantitative estimate of drug-likeness (QED) is 0.854. The van der Waals surface area contributed by atoms with E-state index in [1.165, 1.54) is 0 Å². The molecule has 1 saturated carbocycles. The molecular weight excluding hydrogens is 314 g/mol. The summed E-state index contributed by atoms with van der Waals surface area (Å²) in [5, 5.41) is 0. The first-order valence-electron chi connectivity index (χ1n) is 9.05. The van der Waals surface area contributed by atoms with Gasteiger partial charge in [-0.15, -0.1) is 0 Å². The average molecular weight is 337 g/mol. The van der Waals surface area contributed by atoms with Crippen LogP contribution in [0, 0.1) is 12.8 Å². The van der Waals surface area contributed by atoms with E-state index >= 15 is 0 Å². The largest absolute Gasteiger partial charge is 0.437 e. The number of piperidine rings is 1. The third kappa shape index (κ3) is 3.65. The Balaban J connectivity index is 1.49. The van der Waals surface area contributed by atoms with Gasteiger partial charge in [-0.3, -0.25) is 9.78 Å². The van der Waals surface area contributed by atoms with Crippen LogP contribution >= 0.6 is 0 Å². The number of amides is 1. The van der Waals surface area contributed by atoms with Crippen LogP contribution in [0.3, 0.4) is 0 Å². The first-order chi connectivity index (χ1) is 12.2. The second-order valence-electron chi connectivity index (χ2n) is 7.05. The zero-order valence-corrected chi connectivity index (χ0v) is 14.5. The van der Waals surface area contributed by atoms with Crippen molar-refractivity contribution in [1.82, 2.24) is 14.9 Å². The van der Waals surface area contributed by atoms with Crippen LogP contribution in [0.15, 0.2) is 36.7 Å². The predicted molar refractivity (Wildman–Crippen MR) is 94.6 cm³/mol. The van der Waals surface area contributed by atoms with Gasteiger partial charge in [0.1, 0.15) is 5.75 Å². The summed E-state index contributed by atoms with van der Waals surface area (Å²) in [6, 6.07) is 7.87. The standard InChI is InChI=1S/C20H23N3O2/c1-14-5-2-3-7-18(14)25-19-12-21-11-17(22-19)16-6-4-10-23(13-16)20(24)15-8-9-15/h2-3,5,7,11-12,15-16H,4,6,8-10,13H2,1H3/t16-/m1/s1. The van der Waals surface area contributed by atoms with Gasteiger partial charge in [0.2, 0.25) is 11.8 Å². The lowest BCUT2D eigenvalue weighted by molar-refractivity contribution is -0.133. The highest BCUT2D eigenvalue weighted by atomic mass is 16.5. The van der Waals surface area contributed by atoms with E-state index in [1.54, 1.807) is 12.4 Å². The molecule has 1 aromatic heterocycles. The van der Waals surface area contributed by atoms with Crippen LogP contribution in [0.25, 0.3) is 0 Å². The van der Waals surface area contributed by atoms with Crippen molar-refractivity contribution in [1.29, 1.82) is 0 Å². The lowest BCUT2D eigenvalue weighted by Gasteiger charge is -2.32. The number of rotatable bonds is 4. The van der Waals surface area contributed by atoms with Gasteiger partial charge in [0, 0.05) is 31.1 Å². The maximum absolute atomic E-state index is 12.3. The summed E-state index contributed by atoms with van der Waals surface area (Å²) >= 11 is 0. The highest BCUT2D eigenvalue weighted by Crippen LogP contribution is 2.34. The van der Waals surface area contributed by atoms with E-state index in [0.29, 0.717) is 11.8 Å². The lowest BCUT2D eigenvalue weighted by atomic mass is 9.94. The molecule has 0 bridgehead atoms. The number of aromatic nitrogens is 2. The smallest absolute Gasteiger partial charge is 0.238 e. The number of likely N-dealkylation sites (tertiary alicyclic amines) is 1. The number of carbonyl (C=O) groups is 1. The molecule has 5 heteroatoms. The zero-order valence-electron chi connectivity index (χ0n) is 14.5. The van der Waals surface area contributed by atoms with E-state index in [0.717, 1.165) is 55.8 Å². The van der Waals surface area contributed by atoms with Crippen LogP contribution in [0.4, 0.5) is 0 Å². The van der Waals surface area contributed by atoms with Crippen molar-refractivity contribution in [3.63, 3.8) is 0 Å².